The Hall–Kier alpha value is -0.320. The van der Waals surface area contributed by atoms with Gasteiger partial charge in [0, 0.05) is 26.2 Å². The molecule has 0 radical (unpaired) electrons. The van der Waals surface area contributed by atoms with Crippen molar-refractivity contribution in [2.24, 2.45) is 11.1 Å². The van der Waals surface area contributed by atoms with Gasteiger partial charge in [0.2, 0.25) is 5.91 Å². The first-order valence-electron chi connectivity index (χ1n) is 8.27. The zero-order chi connectivity index (χ0) is 14.7. The number of carbonyl (C=O) groups excluding carboxylic acids is 1. The van der Waals surface area contributed by atoms with Crippen LogP contribution in [0.15, 0.2) is 0 Å². The molecule has 0 spiro atoms. The van der Waals surface area contributed by atoms with Gasteiger partial charge in [-0.3, -0.25) is 4.79 Å². The lowest BCUT2D eigenvalue weighted by Crippen LogP contribution is -2.39. The zero-order valence-electron chi connectivity index (χ0n) is 13.5. The molecule has 0 aromatic rings. The Balaban J connectivity index is 0.00000400. The summed E-state index contributed by atoms with van der Waals surface area (Å²) in [5, 5.41) is 3.01. The van der Waals surface area contributed by atoms with E-state index in [0.717, 1.165) is 45.3 Å². The Bertz CT molecular complexity index is 269. The molecule has 126 valence electrons. The first kappa shape index (κ1) is 20.7. The van der Waals surface area contributed by atoms with Gasteiger partial charge >= 0.3 is 0 Å². The largest absolute Gasteiger partial charge is 0.381 e. The zero-order valence-corrected chi connectivity index (χ0v) is 14.3. The van der Waals surface area contributed by atoms with Gasteiger partial charge in [0.1, 0.15) is 0 Å². The summed E-state index contributed by atoms with van der Waals surface area (Å²) in [7, 11) is 0. The van der Waals surface area contributed by atoms with Gasteiger partial charge in [-0.05, 0) is 37.6 Å². The van der Waals surface area contributed by atoms with Crippen molar-refractivity contribution in [2.45, 2.75) is 64.7 Å². The fraction of sp³-hybridized carbons (Fsp3) is 0.938. The lowest BCUT2D eigenvalue weighted by atomic mass is 9.71. The smallest absolute Gasteiger partial charge is 0.220 e. The van der Waals surface area contributed by atoms with Crippen LogP contribution >= 0.6 is 12.4 Å². The summed E-state index contributed by atoms with van der Waals surface area (Å²) < 4.78 is 5.48. The van der Waals surface area contributed by atoms with Gasteiger partial charge in [0.25, 0.3) is 0 Å². The van der Waals surface area contributed by atoms with Crippen LogP contribution in [0.4, 0.5) is 0 Å². The van der Waals surface area contributed by atoms with E-state index in [1.165, 1.54) is 19.3 Å². The molecular weight excluding hydrogens is 288 g/mol. The van der Waals surface area contributed by atoms with Crippen molar-refractivity contribution in [1.29, 1.82) is 0 Å². The van der Waals surface area contributed by atoms with Gasteiger partial charge in [-0.25, -0.2) is 0 Å². The Labute approximate surface area is 136 Å². The molecule has 0 atom stereocenters. The lowest BCUT2D eigenvalue weighted by Gasteiger charge is -2.35. The molecule has 4 nitrogen and oxygen atoms in total. The van der Waals surface area contributed by atoms with Crippen molar-refractivity contribution in [3.05, 3.63) is 0 Å². The molecular formula is C16H33ClN2O2. The summed E-state index contributed by atoms with van der Waals surface area (Å²) in [4.78, 5) is 12.0. The van der Waals surface area contributed by atoms with E-state index in [2.05, 4.69) is 12.2 Å². The number of hydrogen-bond donors (Lipinski definition) is 2. The third-order valence-corrected chi connectivity index (χ3v) is 4.31. The van der Waals surface area contributed by atoms with E-state index < -0.39 is 0 Å². The molecule has 1 aliphatic rings. The first-order chi connectivity index (χ1) is 9.72. The van der Waals surface area contributed by atoms with Crippen LogP contribution in [0.25, 0.3) is 0 Å². The summed E-state index contributed by atoms with van der Waals surface area (Å²) in [6.45, 7) is 5.08. The molecule has 1 rings (SSSR count). The third-order valence-electron chi connectivity index (χ3n) is 4.31. The van der Waals surface area contributed by atoms with Crippen molar-refractivity contribution in [3.8, 4) is 0 Å². The third kappa shape index (κ3) is 8.64. The second kappa shape index (κ2) is 12.2. The highest BCUT2D eigenvalue weighted by molar-refractivity contribution is 5.85. The standard InChI is InChI=1S/C16H32N2O2.ClH/c1-2-3-11-20-12-7-10-18-15(19)13-16(14-17)8-5-4-6-9-16;/h2-14,17H2,1H3,(H,18,19);1H. The van der Waals surface area contributed by atoms with Crippen LogP contribution in [-0.4, -0.2) is 32.2 Å². The van der Waals surface area contributed by atoms with Crippen LogP contribution in [0.2, 0.25) is 0 Å². The van der Waals surface area contributed by atoms with Crippen LogP contribution in [0.5, 0.6) is 0 Å². The van der Waals surface area contributed by atoms with E-state index in [1.807, 2.05) is 0 Å². The minimum atomic E-state index is 0. The van der Waals surface area contributed by atoms with E-state index in [-0.39, 0.29) is 23.7 Å². The molecule has 0 bridgehead atoms. The number of unbranched alkanes of at least 4 members (excludes halogenated alkanes) is 1. The average molecular weight is 321 g/mol. The number of nitrogens with two attached hydrogens (primary N) is 1. The van der Waals surface area contributed by atoms with Gasteiger partial charge in [0.05, 0.1) is 0 Å². The maximum absolute atomic E-state index is 12.0. The van der Waals surface area contributed by atoms with Gasteiger partial charge in [-0.15, -0.1) is 12.4 Å². The monoisotopic (exact) mass is 320 g/mol. The number of nitrogens with one attached hydrogen (secondary N) is 1. The predicted molar refractivity (Wildman–Crippen MR) is 89.8 cm³/mol. The van der Waals surface area contributed by atoms with Crippen LogP contribution in [-0.2, 0) is 9.53 Å². The number of rotatable bonds is 10. The predicted octanol–water partition coefficient (Wildman–Crippen LogP) is 3.03. The van der Waals surface area contributed by atoms with Crippen molar-refractivity contribution in [2.75, 3.05) is 26.3 Å². The van der Waals surface area contributed by atoms with Crippen LogP contribution < -0.4 is 11.1 Å². The minimum Gasteiger partial charge on any atom is -0.381 e. The highest BCUT2D eigenvalue weighted by Crippen LogP contribution is 2.38. The number of hydrogen-bond acceptors (Lipinski definition) is 3. The molecule has 0 heterocycles. The summed E-state index contributed by atoms with van der Waals surface area (Å²) in [6, 6.07) is 0. The van der Waals surface area contributed by atoms with Crippen molar-refractivity contribution in [3.63, 3.8) is 0 Å². The fourth-order valence-corrected chi connectivity index (χ4v) is 2.91. The lowest BCUT2D eigenvalue weighted by molar-refractivity contribution is -0.123. The highest BCUT2D eigenvalue weighted by atomic mass is 35.5. The second-order valence-electron chi connectivity index (χ2n) is 6.11. The van der Waals surface area contributed by atoms with Gasteiger partial charge < -0.3 is 15.8 Å². The Morgan fingerprint density at radius 1 is 1.19 bits per heavy atom. The molecule has 0 saturated heterocycles. The van der Waals surface area contributed by atoms with E-state index in [4.69, 9.17) is 10.5 Å². The highest BCUT2D eigenvalue weighted by Gasteiger charge is 2.32. The fourth-order valence-electron chi connectivity index (χ4n) is 2.91. The quantitative estimate of drug-likeness (QED) is 0.608. The van der Waals surface area contributed by atoms with E-state index in [0.29, 0.717) is 19.5 Å². The van der Waals surface area contributed by atoms with E-state index in [9.17, 15) is 4.79 Å². The number of halogens is 1. The number of ether oxygens (including phenoxy) is 1. The molecule has 21 heavy (non-hydrogen) atoms. The summed E-state index contributed by atoms with van der Waals surface area (Å²) in [5.41, 5.74) is 5.98. The Morgan fingerprint density at radius 3 is 2.48 bits per heavy atom. The van der Waals surface area contributed by atoms with Gasteiger partial charge in [-0.1, -0.05) is 32.6 Å². The van der Waals surface area contributed by atoms with Gasteiger partial charge in [0.15, 0.2) is 0 Å². The maximum atomic E-state index is 12.0. The maximum Gasteiger partial charge on any atom is 0.220 e. The summed E-state index contributed by atoms with van der Waals surface area (Å²) in [5.74, 6) is 0.158. The topological polar surface area (TPSA) is 64.3 Å². The van der Waals surface area contributed by atoms with Crippen LogP contribution in [0.3, 0.4) is 0 Å². The molecule has 3 N–H and O–H groups in total. The van der Waals surface area contributed by atoms with E-state index in [1.54, 1.807) is 0 Å². The molecule has 1 amide bonds. The molecule has 0 unspecified atom stereocenters. The minimum absolute atomic E-state index is 0. The second-order valence-corrected chi connectivity index (χ2v) is 6.11. The van der Waals surface area contributed by atoms with Crippen LogP contribution in [0.1, 0.15) is 64.7 Å². The Morgan fingerprint density at radius 2 is 1.86 bits per heavy atom. The summed E-state index contributed by atoms with van der Waals surface area (Å²) in [6.07, 6.45) is 9.71. The van der Waals surface area contributed by atoms with Crippen molar-refractivity contribution >= 4 is 18.3 Å². The number of amides is 1. The summed E-state index contributed by atoms with van der Waals surface area (Å²) >= 11 is 0. The molecule has 0 aromatic carbocycles. The van der Waals surface area contributed by atoms with Crippen molar-refractivity contribution in [1.82, 2.24) is 5.32 Å². The SMILES string of the molecule is CCCCOCCCNC(=O)CC1(CN)CCCCC1.Cl. The molecule has 1 aliphatic carbocycles. The first-order valence-corrected chi connectivity index (χ1v) is 8.27. The molecule has 1 fully saturated rings. The Kier molecular flexibility index (Phi) is 12.1. The average Bonchev–Trinajstić information content (AvgIpc) is 2.47. The normalized spacial score (nSPS) is 17.0. The molecule has 0 aromatic heterocycles. The molecule has 5 heteroatoms. The molecule has 0 aliphatic heterocycles. The number of carbonyl (C=O) groups is 1. The van der Waals surface area contributed by atoms with Crippen molar-refractivity contribution < 1.29 is 9.53 Å². The van der Waals surface area contributed by atoms with E-state index >= 15 is 0 Å². The molecule has 1 saturated carbocycles. The van der Waals surface area contributed by atoms with Gasteiger partial charge in [-0.2, -0.15) is 0 Å². The van der Waals surface area contributed by atoms with Crippen LogP contribution in [0, 0.1) is 5.41 Å².